The van der Waals surface area contributed by atoms with Crippen molar-refractivity contribution < 1.29 is 282 Å². The van der Waals surface area contributed by atoms with Crippen LogP contribution in [0.1, 0.15) is 40.5 Å². The monoisotopic (exact) mass is 1980 g/mol. The molecule has 10 aliphatic rings. The Morgan fingerprint density at radius 2 is 0.630 bits per heavy atom. The predicted molar refractivity (Wildman–Crippen MR) is 410 cm³/mol. The Kier molecular flexibility index (Phi) is 39.6. The van der Waals surface area contributed by atoms with E-state index in [0.717, 1.165) is 27.7 Å². The molecule has 0 radical (unpaired) electrons. The SMILES string of the molecule is CC(=O)N[C@H]1[C@H](O[C@@H]2[C@@H](OC[C@H]3O[C@@H](O[C@H]4[C@H](O)[C@@H](O)C(O)O[C@@H]4CO)[C@@H](O)[C@@H](O[C@H]4O[C@H](CO)[C@@H](O)[C@H](O)[C@@H]4O[C@@H]4O[C@H](CO)[C@@H](O[C@@H]5O[C@H](CO)[C@H](O)[C@H](O[C@]6(C(=O)O)C[C@H](O)[C@@H](NC(C)=O)[C@H]([C@H](O)[C@H](O)CO)O6)[C@H]5O)[C@H](O)[C@H]4NC(C)=O)[C@@H]3O)O[C@H](CO)[C@@H](O)[C@@H]2O)O[C@H](CO)[C@@H](O[C@@H]2O[C@H](CO[C@]3(C(=O)O)C[C@H](O)[C@@H](NC(C)=O)[C@H]([C@H](O)[C@H](O)CO)O3)[C@H](O)[C@H](O)[C@H]2O)[C@@H]1O. The van der Waals surface area contributed by atoms with Gasteiger partial charge in [0.1, 0.15) is 232 Å². The van der Waals surface area contributed by atoms with Crippen LogP contribution < -0.4 is 21.3 Å². The standard InChI is InChI=1S/C74H122N4O57/c1-17(87)75-33-21(91)5-73(71(113)114,133-57(33)37(95)23(93)7-79)118-16-32-41(99)46(104)51(109)66(126-32)127-54-29(13-85)123-64(35(44(54)102)77-19(3)89)131-61-47(105)39(97)25(9-81)121-69(61)117-15-31-43(101)59(52(110)67(125-31)129-56-28(12-84)119-63(112)50(108)49(56)107)130-70-62(48(106)40(98)26(10-82)122-70)132-65-36(78-20(4)90)45(103)55(30(14-86)124-65)128-68-53(111)60(42(100)27(11-83)120-68)135-74(72(115)116)6-22(92)34(76-18(2)88)58(134-74)38(96)24(94)8-80/h21-70,79-86,91-112H,5-16H2,1-4H3,(H,75,87)(H,76,88)(H,77,89)(H,78,90)(H,113,114)(H,115,116)/t21-,22-,23+,24+,25+,26+,27+,28+,29+,30+,31+,32+,33+,34+,35+,36+,37+,38+,39+,40+,41-,42-,43+,44+,45+,46-,47-,48-,49+,50+,51+,52-,53+,54+,55+,56+,57+,58+,59-,60-,61-,62-,63?,64-,65-,66-,67-,68-,69-,70+,73+,74-/m0/s1. The molecule has 0 saturated carbocycles. The fraction of sp³-hybridized carbons (Fsp3) is 0.919. The zero-order chi connectivity index (χ0) is 100. The van der Waals surface area contributed by atoms with E-state index in [0.29, 0.717) is 0 Å². The number of aliphatic hydroxyl groups excluding tert-OH is 30. The van der Waals surface area contributed by atoms with Crippen molar-refractivity contribution in [3.63, 3.8) is 0 Å². The van der Waals surface area contributed by atoms with E-state index < -0.39 is 432 Å². The summed E-state index contributed by atoms with van der Waals surface area (Å²) >= 11 is 0. The molecule has 36 N–H and O–H groups in total. The minimum Gasteiger partial charge on any atom is -0.477 e. The third kappa shape index (κ3) is 24.5. The highest BCUT2D eigenvalue weighted by molar-refractivity contribution is 5.78. The number of carbonyl (C=O) groups is 6. The fourth-order valence-corrected chi connectivity index (χ4v) is 17.2. The molecule has 780 valence electrons. The van der Waals surface area contributed by atoms with Crippen molar-refractivity contribution >= 4 is 35.6 Å². The number of nitrogens with one attached hydrogen (secondary N) is 4. The van der Waals surface area contributed by atoms with Crippen molar-refractivity contribution in [2.24, 2.45) is 0 Å². The highest BCUT2D eigenvalue weighted by atomic mass is 16.8. The highest BCUT2D eigenvalue weighted by Crippen LogP contribution is 2.44. The lowest BCUT2D eigenvalue weighted by atomic mass is 9.88. The van der Waals surface area contributed by atoms with Gasteiger partial charge in [-0.1, -0.05) is 0 Å². The number of hydrogen-bond acceptors (Lipinski definition) is 55. The number of carbonyl (C=O) groups excluding carboxylic acids is 4. The molecule has 0 spiro atoms. The van der Waals surface area contributed by atoms with Gasteiger partial charge in [-0.05, 0) is 0 Å². The predicted octanol–water partition coefficient (Wildman–Crippen LogP) is -23.8. The lowest BCUT2D eigenvalue weighted by molar-refractivity contribution is -0.401. The Balaban J connectivity index is 0.905. The van der Waals surface area contributed by atoms with Crippen LogP contribution in [-0.2, 0) is 119 Å². The van der Waals surface area contributed by atoms with Gasteiger partial charge < -0.3 is 275 Å². The first kappa shape index (κ1) is 112. The molecule has 61 nitrogen and oxygen atoms in total. The molecule has 10 fully saturated rings. The molecular weight excluding hydrogens is 1860 g/mol. The van der Waals surface area contributed by atoms with Gasteiger partial charge in [0.2, 0.25) is 23.6 Å². The number of carboxylic acid groups (broad SMARTS) is 2. The maximum absolute atomic E-state index is 13.3. The molecule has 0 aromatic heterocycles. The molecule has 52 atom stereocenters. The van der Waals surface area contributed by atoms with Gasteiger partial charge in [0.15, 0.2) is 50.3 Å². The first-order valence-corrected chi connectivity index (χ1v) is 42.4. The van der Waals surface area contributed by atoms with Crippen molar-refractivity contribution in [3.8, 4) is 0 Å². The summed E-state index contributed by atoms with van der Waals surface area (Å²) in [5.41, 5.74) is 0. The topological polar surface area (TPSA) is 973 Å². The largest absolute Gasteiger partial charge is 0.477 e. The van der Waals surface area contributed by atoms with Crippen LogP contribution in [0.4, 0.5) is 0 Å². The third-order valence-corrected chi connectivity index (χ3v) is 24.4. The average molecular weight is 1980 g/mol. The maximum atomic E-state index is 13.3. The number of rotatable bonds is 38. The lowest BCUT2D eigenvalue weighted by Crippen LogP contribution is -2.71. The molecule has 0 aliphatic carbocycles. The van der Waals surface area contributed by atoms with E-state index in [4.69, 9.17) is 90.0 Å². The third-order valence-electron chi connectivity index (χ3n) is 24.4. The second-order valence-electron chi connectivity index (χ2n) is 33.9. The highest BCUT2D eigenvalue weighted by Gasteiger charge is 2.65. The molecule has 0 bridgehead atoms. The second-order valence-corrected chi connectivity index (χ2v) is 33.9. The molecule has 1 unspecified atom stereocenters. The van der Waals surface area contributed by atoms with E-state index in [-0.39, 0.29) is 0 Å². The number of hydrogen-bond donors (Lipinski definition) is 36. The van der Waals surface area contributed by atoms with Crippen molar-refractivity contribution in [3.05, 3.63) is 0 Å². The molecule has 10 aliphatic heterocycles. The van der Waals surface area contributed by atoms with Crippen molar-refractivity contribution in [2.45, 2.75) is 359 Å². The van der Waals surface area contributed by atoms with Crippen LogP contribution in [-0.4, -0.2) is 583 Å². The lowest BCUT2D eigenvalue weighted by Gasteiger charge is -2.51. The van der Waals surface area contributed by atoms with Crippen LogP contribution in [0.5, 0.6) is 0 Å². The molecule has 4 amide bonds. The van der Waals surface area contributed by atoms with Gasteiger partial charge in [-0.3, -0.25) is 19.2 Å². The van der Waals surface area contributed by atoms with Crippen molar-refractivity contribution in [2.75, 3.05) is 66.1 Å². The number of amides is 4. The molecule has 10 rings (SSSR count). The Labute approximate surface area is 761 Å². The van der Waals surface area contributed by atoms with Crippen LogP contribution >= 0.6 is 0 Å². The summed E-state index contributed by atoms with van der Waals surface area (Å²) in [5, 5.41) is 365. The molecular formula is C74H122N4O57. The molecule has 0 aromatic rings. The first-order valence-electron chi connectivity index (χ1n) is 42.4. The Morgan fingerprint density at radius 1 is 0.311 bits per heavy atom. The summed E-state index contributed by atoms with van der Waals surface area (Å²) in [6.45, 7) is -8.69. The molecule has 61 heteroatoms. The summed E-state index contributed by atoms with van der Waals surface area (Å²) < 4.78 is 111. The molecule has 10 saturated heterocycles. The Hall–Kier alpha value is -5.14. The van der Waals surface area contributed by atoms with Crippen LogP contribution in [0, 0.1) is 0 Å². The summed E-state index contributed by atoms with van der Waals surface area (Å²) in [7, 11) is 0. The van der Waals surface area contributed by atoms with E-state index in [1.807, 2.05) is 0 Å². The van der Waals surface area contributed by atoms with Crippen molar-refractivity contribution in [1.82, 2.24) is 21.3 Å². The van der Waals surface area contributed by atoms with Crippen LogP contribution in [0.25, 0.3) is 0 Å². The van der Waals surface area contributed by atoms with Crippen LogP contribution in [0.2, 0.25) is 0 Å². The van der Waals surface area contributed by atoms with Crippen LogP contribution in [0.3, 0.4) is 0 Å². The number of aliphatic hydroxyl groups is 30. The summed E-state index contributed by atoms with van der Waals surface area (Å²) in [4.78, 5) is 77.0. The number of ether oxygens (including phenoxy) is 19. The van der Waals surface area contributed by atoms with Gasteiger partial charge in [-0.25, -0.2) is 9.59 Å². The van der Waals surface area contributed by atoms with Gasteiger partial charge in [-0.15, -0.1) is 0 Å². The second kappa shape index (κ2) is 47.8. The van der Waals surface area contributed by atoms with E-state index in [1.165, 1.54) is 0 Å². The minimum absolute atomic E-state index is 0.848. The Morgan fingerprint density at radius 3 is 1.06 bits per heavy atom. The summed E-state index contributed by atoms with van der Waals surface area (Å²) in [6.07, 6.45) is -107. The summed E-state index contributed by atoms with van der Waals surface area (Å²) in [6, 6.07) is -7.66. The minimum atomic E-state index is -3.33. The fourth-order valence-electron chi connectivity index (χ4n) is 17.2. The van der Waals surface area contributed by atoms with E-state index in [2.05, 4.69) is 21.3 Å². The van der Waals surface area contributed by atoms with E-state index >= 15 is 0 Å². The average Bonchev–Trinajstić information content (AvgIpc) is 0.733. The van der Waals surface area contributed by atoms with Gasteiger partial charge in [0, 0.05) is 40.5 Å². The Bertz CT molecular complexity index is 3790. The first-order chi connectivity index (χ1) is 63.5. The zero-order valence-electron chi connectivity index (χ0n) is 71.9. The maximum Gasteiger partial charge on any atom is 0.364 e. The van der Waals surface area contributed by atoms with Gasteiger partial charge in [0.05, 0.1) is 90.4 Å². The van der Waals surface area contributed by atoms with Gasteiger partial charge in [0.25, 0.3) is 11.6 Å². The van der Waals surface area contributed by atoms with Gasteiger partial charge in [-0.2, -0.15) is 0 Å². The molecule has 10 heterocycles. The van der Waals surface area contributed by atoms with Crippen molar-refractivity contribution in [1.29, 1.82) is 0 Å². The smallest absolute Gasteiger partial charge is 0.364 e. The van der Waals surface area contributed by atoms with E-state index in [9.17, 15) is 192 Å². The van der Waals surface area contributed by atoms with Gasteiger partial charge >= 0.3 is 11.9 Å². The number of carboxylic acids is 2. The molecule has 135 heavy (non-hydrogen) atoms. The summed E-state index contributed by atoms with van der Waals surface area (Å²) in [5.74, 6) is -14.5. The molecule has 0 aromatic carbocycles. The van der Waals surface area contributed by atoms with Crippen LogP contribution in [0.15, 0.2) is 0 Å². The number of aliphatic carboxylic acids is 2. The normalized spacial score (nSPS) is 47.0. The quantitative estimate of drug-likeness (QED) is 0.0273. The van der Waals surface area contributed by atoms with E-state index in [1.54, 1.807) is 0 Å². The zero-order valence-corrected chi connectivity index (χ0v) is 71.9.